The van der Waals surface area contributed by atoms with Gasteiger partial charge in [0.25, 0.3) is 10.9 Å². The zero-order chi connectivity index (χ0) is 29.7. The van der Waals surface area contributed by atoms with Gasteiger partial charge in [0.15, 0.2) is 0 Å². The number of hydrogen-bond donors (Lipinski definition) is 2. The molecule has 0 radical (unpaired) electrons. The van der Waals surface area contributed by atoms with Crippen LogP contribution in [0.3, 0.4) is 0 Å². The van der Waals surface area contributed by atoms with Gasteiger partial charge in [-0.2, -0.15) is 0 Å². The fourth-order valence-corrected chi connectivity index (χ4v) is 7.39. The van der Waals surface area contributed by atoms with E-state index >= 15 is 0 Å². The molecule has 2 bridgehead atoms. The molecule has 0 amide bonds. The van der Waals surface area contributed by atoms with E-state index in [1.165, 1.54) is 0 Å². The van der Waals surface area contributed by atoms with Gasteiger partial charge in [-0.15, -0.1) is 6.58 Å². The summed E-state index contributed by atoms with van der Waals surface area (Å²) >= 11 is 0. The van der Waals surface area contributed by atoms with Crippen LogP contribution in [0.1, 0.15) is 43.0 Å². The minimum Gasteiger partial charge on any atom is -0.497 e. The third-order valence-corrected chi connectivity index (χ3v) is 9.72. The number of benzene rings is 3. The van der Waals surface area contributed by atoms with Gasteiger partial charge >= 0.3 is 0 Å². The number of piperidine rings is 3. The predicted molar refractivity (Wildman–Crippen MR) is 174 cm³/mol. The van der Waals surface area contributed by atoms with Crippen LogP contribution in [0.5, 0.6) is 5.75 Å². The second-order valence-electron chi connectivity index (χ2n) is 12.0. The lowest BCUT2D eigenvalue weighted by Gasteiger charge is -2.52. The normalized spacial score (nSPS) is 22.8. The maximum atomic E-state index is 13.2. The Morgan fingerprint density at radius 1 is 0.977 bits per heavy atom. The van der Waals surface area contributed by atoms with E-state index in [1.807, 2.05) is 55.6 Å². The van der Waals surface area contributed by atoms with Gasteiger partial charge in [0.1, 0.15) is 17.1 Å². The average Bonchev–Trinajstić information content (AvgIpc) is 3.07. The van der Waals surface area contributed by atoms with Crippen molar-refractivity contribution >= 4 is 33.1 Å². The lowest BCUT2D eigenvalue weighted by atomic mass is 9.73. The number of ether oxygens (including phenoxy) is 1. The molecule has 0 spiro atoms. The highest BCUT2D eigenvalue weighted by atomic mass is 16.5. The molecule has 3 saturated heterocycles. The van der Waals surface area contributed by atoms with E-state index in [4.69, 9.17) is 4.74 Å². The smallest absolute Gasteiger partial charge is 0.253 e. The molecule has 0 saturated carbocycles. The molecule has 1 aromatic heterocycles. The summed E-state index contributed by atoms with van der Waals surface area (Å²) in [6.45, 7) is 8.07. The highest BCUT2D eigenvalue weighted by Crippen LogP contribution is 2.44. The van der Waals surface area contributed by atoms with E-state index in [9.17, 15) is 9.59 Å². The summed E-state index contributed by atoms with van der Waals surface area (Å²) in [5.41, 5.74) is 2.73. The number of aromatic nitrogens is 1. The summed E-state index contributed by atoms with van der Waals surface area (Å²) < 4.78 is 5.57. The zero-order valence-electron chi connectivity index (χ0n) is 24.5. The summed E-state index contributed by atoms with van der Waals surface area (Å²) in [6, 6.07) is 22.0. The van der Waals surface area contributed by atoms with Crippen LogP contribution in [0, 0.1) is 11.8 Å². The molecule has 1 unspecified atom stereocenters. The Morgan fingerprint density at radius 2 is 1.77 bits per heavy atom. The van der Waals surface area contributed by atoms with Crippen LogP contribution in [-0.2, 0) is 0 Å². The van der Waals surface area contributed by atoms with Gasteiger partial charge in [-0.3, -0.25) is 19.5 Å². The van der Waals surface area contributed by atoms with Gasteiger partial charge in [-0.05, 0) is 84.3 Å². The Hall–Kier alpha value is -4.49. The number of hydrogen-bond acceptors (Lipinski definition) is 7. The molecule has 6 atom stereocenters. The average molecular weight is 573 g/mol. The number of anilines is 2. The summed E-state index contributed by atoms with van der Waals surface area (Å²) in [4.78, 5) is 33.4. The summed E-state index contributed by atoms with van der Waals surface area (Å²) in [7, 11) is 1.66. The predicted octanol–water partition coefficient (Wildman–Crippen LogP) is 6.22. The van der Waals surface area contributed by atoms with E-state index in [-0.39, 0.29) is 18.1 Å². The van der Waals surface area contributed by atoms with Crippen LogP contribution in [0.25, 0.3) is 21.7 Å². The van der Waals surface area contributed by atoms with E-state index in [0.717, 1.165) is 64.5 Å². The van der Waals surface area contributed by atoms with Gasteiger partial charge in [0.05, 0.1) is 18.7 Å². The first-order valence-corrected chi connectivity index (χ1v) is 15.1. The van der Waals surface area contributed by atoms with Crippen molar-refractivity contribution in [2.24, 2.45) is 11.8 Å². The number of methoxy groups -OCH3 is 1. The first-order chi connectivity index (χ1) is 21.0. The highest BCUT2D eigenvalue weighted by Gasteiger charge is 2.43. The van der Waals surface area contributed by atoms with Crippen molar-refractivity contribution in [3.8, 4) is 5.75 Å². The number of fused-ring (bicyclic) bond motifs is 5. The maximum absolute atomic E-state index is 13.2. The molecule has 4 aromatic carbocycles. The van der Waals surface area contributed by atoms with Crippen molar-refractivity contribution < 1.29 is 4.74 Å². The molecule has 0 aliphatic carbocycles. The fraction of sp³-hybridized carbons (Fsp3) is 0.306. The van der Waals surface area contributed by atoms with Crippen molar-refractivity contribution in [3.05, 3.63) is 117 Å². The Kier molecular flexibility index (Phi) is 6.98. The largest absolute Gasteiger partial charge is 0.497 e. The Labute approximate surface area is 250 Å². The zero-order valence-corrected chi connectivity index (χ0v) is 24.5. The van der Waals surface area contributed by atoms with Crippen LogP contribution in [0.15, 0.2) is 95.2 Å². The molecular weight excluding hydrogens is 536 g/mol. The Morgan fingerprint density at radius 3 is 2.53 bits per heavy atom. The maximum Gasteiger partial charge on any atom is 0.253 e. The molecule has 2 N–H and O–H groups in total. The molecular formula is C36H36N4O3. The van der Waals surface area contributed by atoms with Gasteiger partial charge in [0.2, 0.25) is 0 Å². The van der Waals surface area contributed by atoms with Gasteiger partial charge < -0.3 is 15.4 Å². The summed E-state index contributed by atoms with van der Waals surface area (Å²) in [5.74, 6) is 1.75. The van der Waals surface area contributed by atoms with E-state index < -0.39 is 10.9 Å². The molecule has 3 aliphatic heterocycles. The van der Waals surface area contributed by atoms with E-state index in [2.05, 4.69) is 57.4 Å². The number of nitrogens with one attached hydrogen (secondary N) is 2. The minimum atomic E-state index is -0.480. The van der Waals surface area contributed by atoms with Crippen molar-refractivity contribution in [1.29, 1.82) is 0 Å². The van der Waals surface area contributed by atoms with Crippen LogP contribution in [-0.4, -0.2) is 36.1 Å². The standard InChI is InChI=1S/C36H36N4O3/c1-4-22-20-40-17-15-24(22)18-31(40)32(28-14-16-37-30-13-12-25(43-3)19-29(28)30)39-34-33(35(41)36(34)42)38-21(2)26-11-7-9-23-8-5-6-10-27(23)26/h4-14,16,19,21-22,24,31-32,38-39H,1,15,17-18,20H2,2-3H3/t21-,22+,24+,31-,32-/m1/s1. The molecule has 218 valence electrons. The van der Waals surface area contributed by atoms with Crippen molar-refractivity contribution in [2.75, 3.05) is 30.8 Å². The van der Waals surface area contributed by atoms with Crippen molar-refractivity contribution in [1.82, 2.24) is 9.88 Å². The third kappa shape index (κ3) is 4.68. The number of nitrogens with zero attached hydrogens (tertiary/aromatic N) is 2. The Bertz CT molecular complexity index is 1900. The number of rotatable bonds is 9. The second-order valence-corrected chi connectivity index (χ2v) is 12.0. The molecule has 8 rings (SSSR count). The van der Waals surface area contributed by atoms with Crippen LogP contribution in [0.2, 0.25) is 0 Å². The first kappa shape index (κ1) is 27.3. The molecule has 7 nitrogen and oxygen atoms in total. The Balaban J connectivity index is 1.28. The lowest BCUT2D eigenvalue weighted by molar-refractivity contribution is 0.0105. The minimum absolute atomic E-state index is 0.138. The summed E-state index contributed by atoms with van der Waals surface area (Å²) in [6.07, 6.45) is 6.04. The van der Waals surface area contributed by atoms with Crippen molar-refractivity contribution in [2.45, 2.75) is 37.9 Å². The third-order valence-electron chi connectivity index (χ3n) is 9.72. The first-order valence-electron chi connectivity index (χ1n) is 15.1. The topological polar surface area (TPSA) is 83.6 Å². The molecule has 43 heavy (non-hydrogen) atoms. The monoisotopic (exact) mass is 572 g/mol. The van der Waals surface area contributed by atoms with Crippen LogP contribution < -0.4 is 26.2 Å². The van der Waals surface area contributed by atoms with Gasteiger partial charge in [-0.1, -0.05) is 48.5 Å². The van der Waals surface area contributed by atoms with Crippen LogP contribution in [0.4, 0.5) is 11.4 Å². The van der Waals surface area contributed by atoms with E-state index in [1.54, 1.807) is 7.11 Å². The van der Waals surface area contributed by atoms with Gasteiger partial charge in [-0.25, -0.2) is 0 Å². The second kappa shape index (κ2) is 11.0. The van der Waals surface area contributed by atoms with Gasteiger partial charge in [0, 0.05) is 30.2 Å². The molecule has 3 fully saturated rings. The molecule has 4 heterocycles. The highest BCUT2D eigenvalue weighted by molar-refractivity contribution is 5.87. The molecule has 7 heteroatoms. The number of pyridine rings is 1. The quantitative estimate of drug-likeness (QED) is 0.160. The van der Waals surface area contributed by atoms with Crippen molar-refractivity contribution in [3.63, 3.8) is 0 Å². The molecule has 5 aromatic rings. The SMILES string of the molecule is C=C[C@H]1CN2CC[C@H]1C[C@@H]2[C@H](Nc1c(N[C@H](C)c2cccc3ccccc23)c(=O)c1=O)c1ccnc2ccc(OC)cc12. The lowest BCUT2D eigenvalue weighted by Crippen LogP contribution is -2.56. The fourth-order valence-electron chi connectivity index (χ4n) is 7.39. The van der Waals surface area contributed by atoms with E-state index in [0.29, 0.717) is 23.2 Å². The summed E-state index contributed by atoms with van der Waals surface area (Å²) in [5, 5.41) is 10.3. The van der Waals surface area contributed by atoms with Crippen LogP contribution >= 0.6 is 0 Å². The molecule has 3 aliphatic rings.